The normalized spacial score (nSPS) is 11.3. The second-order valence-corrected chi connectivity index (χ2v) is 7.24. The predicted molar refractivity (Wildman–Crippen MR) is 118 cm³/mol. The Morgan fingerprint density at radius 3 is 2.52 bits per heavy atom. The van der Waals surface area contributed by atoms with E-state index in [1.807, 2.05) is 41.8 Å². The van der Waals surface area contributed by atoms with Crippen molar-refractivity contribution in [2.24, 2.45) is 0 Å². The third-order valence-corrected chi connectivity index (χ3v) is 5.49. The highest BCUT2D eigenvalue weighted by molar-refractivity contribution is 7.11. The lowest BCUT2D eigenvalue weighted by Gasteiger charge is -2.07. The summed E-state index contributed by atoms with van der Waals surface area (Å²) >= 11 is 1.46. The molecule has 1 heterocycles. The van der Waals surface area contributed by atoms with Crippen molar-refractivity contribution in [2.45, 2.75) is 0 Å². The van der Waals surface area contributed by atoms with Gasteiger partial charge in [0.15, 0.2) is 11.5 Å². The summed E-state index contributed by atoms with van der Waals surface area (Å²) in [6, 6.07) is 22.3. The van der Waals surface area contributed by atoms with Crippen LogP contribution in [0.2, 0.25) is 0 Å². The van der Waals surface area contributed by atoms with E-state index in [-0.39, 0.29) is 0 Å². The molecule has 5 heteroatoms. The third-order valence-electron chi connectivity index (χ3n) is 4.62. The molecule has 0 unspecified atom stereocenters. The average molecular weight is 398 g/mol. The maximum absolute atomic E-state index is 9.68. The maximum atomic E-state index is 9.68. The number of hydrogen-bond acceptors (Lipinski definition) is 5. The fraction of sp³-hybridized carbons (Fsp3) is 0.0833. The van der Waals surface area contributed by atoms with Crippen LogP contribution in [0, 0.1) is 11.3 Å². The van der Waals surface area contributed by atoms with Crippen molar-refractivity contribution in [1.82, 2.24) is 4.98 Å². The summed E-state index contributed by atoms with van der Waals surface area (Å²) in [6.07, 6.45) is 1.81. The van der Waals surface area contributed by atoms with Crippen LogP contribution in [-0.2, 0) is 0 Å². The fourth-order valence-corrected chi connectivity index (χ4v) is 3.92. The van der Waals surface area contributed by atoms with E-state index in [1.165, 1.54) is 22.1 Å². The Labute approximate surface area is 173 Å². The highest BCUT2D eigenvalue weighted by atomic mass is 32.1. The summed E-state index contributed by atoms with van der Waals surface area (Å²) in [7, 11) is 3.19. The van der Waals surface area contributed by atoms with Crippen molar-refractivity contribution in [3.05, 3.63) is 76.6 Å². The van der Waals surface area contributed by atoms with Crippen molar-refractivity contribution in [1.29, 1.82) is 5.26 Å². The zero-order valence-corrected chi connectivity index (χ0v) is 16.9. The Kier molecular flexibility index (Phi) is 5.28. The van der Waals surface area contributed by atoms with Gasteiger partial charge in [-0.05, 0) is 40.6 Å². The standard InChI is InChI=1S/C24H18N2O2S/c1-27-22-10-7-16(12-23(22)28-2)11-20(14-25)24-26-21(15-29-24)19-9-8-17-5-3-4-6-18(17)13-19/h3-13,15H,1-2H3/b20-11+. The minimum atomic E-state index is 0.509. The number of fused-ring (bicyclic) bond motifs is 1. The number of nitrogens with zero attached hydrogens (tertiary/aromatic N) is 2. The van der Waals surface area contributed by atoms with Crippen LogP contribution in [0.1, 0.15) is 10.6 Å². The quantitative estimate of drug-likeness (QED) is 0.384. The van der Waals surface area contributed by atoms with Crippen LogP contribution in [0.5, 0.6) is 11.5 Å². The minimum Gasteiger partial charge on any atom is -0.493 e. The number of aromatic nitrogens is 1. The smallest absolute Gasteiger partial charge is 0.161 e. The lowest BCUT2D eigenvalue weighted by Crippen LogP contribution is -1.91. The van der Waals surface area contributed by atoms with E-state index in [0.717, 1.165) is 16.8 Å². The molecule has 0 radical (unpaired) electrons. The van der Waals surface area contributed by atoms with Gasteiger partial charge in [-0.2, -0.15) is 5.26 Å². The molecule has 0 aliphatic rings. The summed E-state index contributed by atoms with van der Waals surface area (Å²) in [5.74, 6) is 1.27. The summed E-state index contributed by atoms with van der Waals surface area (Å²) in [6.45, 7) is 0. The molecule has 29 heavy (non-hydrogen) atoms. The Morgan fingerprint density at radius 2 is 1.76 bits per heavy atom. The summed E-state index contributed by atoms with van der Waals surface area (Å²) in [5.41, 5.74) is 3.26. The molecule has 0 aliphatic carbocycles. The molecule has 0 fully saturated rings. The number of allylic oxidation sites excluding steroid dienone is 1. The first kappa shape index (κ1) is 18.7. The second-order valence-electron chi connectivity index (χ2n) is 6.38. The molecule has 0 bridgehead atoms. The number of benzene rings is 3. The number of nitriles is 1. The Hall–Kier alpha value is -3.62. The van der Waals surface area contributed by atoms with Crippen molar-refractivity contribution in [3.8, 4) is 28.8 Å². The van der Waals surface area contributed by atoms with Crippen molar-refractivity contribution in [3.63, 3.8) is 0 Å². The molecule has 0 saturated carbocycles. The summed E-state index contributed by atoms with van der Waals surface area (Å²) in [5, 5.41) is 14.7. The number of ether oxygens (including phenoxy) is 2. The maximum Gasteiger partial charge on any atom is 0.161 e. The van der Waals surface area contributed by atoms with Crippen LogP contribution in [0.3, 0.4) is 0 Å². The first-order chi connectivity index (χ1) is 14.2. The number of hydrogen-bond donors (Lipinski definition) is 0. The molecule has 142 valence electrons. The van der Waals surface area contributed by atoms with E-state index < -0.39 is 0 Å². The van der Waals surface area contributed by atoms with E-state index in [0.29, 0.717) is 22.1 Å². The highest BCUT2D eigenvalue weighted by Crippen LogP contribution is 2.31. The topological polar surface area (TPSA) is 55.1 Å². The Bertz CT molecular complexity index is 1250. The van der Waals surface area contributed by atoms with Gasteiger partial charge in [-0.15, -0.1) is 11.3 Å². The highest BCUT2D eigenvalue weighted by Gasteiger charge is 2.11. The van der Waals surface area contributed by atoms with Gasteiger partial charge >= 0.3 is 0 Å². The zero-order chi connectivity index (χ0) is 20.2. The molecule has 3 aromatic carbocycles. The largest absolute Gasteiger partial charge is 0.493 e. The summed E-state index contributed by atoms with van der Waals surface area (Å²) in [4.78, 5) is 4.70. The first-order valence-corrected chi connectivity index (χ1v) is 9.88. The minimum absolute atomic E-state index is 0.509. The van der Waals surface area contributed by atoms with E-state index in [2.05, 4.69) is 36.4 Å². The van der Waals surface area contributed by atoms with E-state index >= 15 is 0 Å². The second kappa shape index (κ2) is 8.17. The fourth-order valence-electron chi connectivity index (χ4n) is 3.13. The van der Waals surface area contributed by atoms with Crippen molar-refractivity contribution < 1.29 is 9.47 Å². The van der Waals surface area contributed by atoms with Gasteiger partial charge in [-0.25, -0.2) is 4.98 Å². The van der Waals surface area contributed by atoms with Crippen LogP contribution in [0.15, 0.2) is 66.0 Å². The molecule has 0 amide bonds. The number of methoxy groups -OCH3 is 2. The molecule has 4 aromatic rings. The SMILES string of the molecule is COc1ccc(/C=C(\C#N)c2nc(-c3ccc4ccccc4c3)cs2)cc1OC. The molecule has 0 atom stereocenters. The average Bonchev–Trinajstić information content (AvgIpc) is 3.27. The third kappa shape index (κ3) is 3.84. The van der Waals surface area contributed by atoms with Gasteiger partial charge in [0, 0.05) is 10.9 Å². The number of thiazole rings is 1. The first-order valence-electron chi connectivity index (χ1n) is 9.00. The lowest BCUT2D eigenvalue weighted by atomic mass is 10.1. The van der Waals surface area contributed by atoms with E-state index in [4.69, 9.17) is 14.5 Å². The molecule has 0 spiro atoms. The van der Waals surface area contributed by atoms with Gasteiger partial charge in [0.2, 0.25) is 0 Å². The van der Waals surface area contributed by atoms with Crippen molar-refractivity contribution in [2.75, 3.05) is 14.2 Å². The van der Waals surface area contributed by atoms with E-state index in [1.54, 1.807) is 14.2 Å². The van der Waals surface area contributed by atoms with Gasteiger partial charge in [0.25, 0.3) is 0 Å². The molecule has 0 aliphatic heterocycles. The molecule has 4 nitrogen and oxygen atoms in total. The van der Waals surface area contributed by atoms with Crippen LogP contribution in [-0.4, -0.2) is 19.2 Å². The molecular formula is C24H18N2O2S. The molecular weight excluding hydrogens is 380 g/mol. The number of rotatable bonds is 5. The molecule has 0 N–H and O–H groups in total. The van der Waals surface area contributed by atoms with Crippen LogP contribution in [0.4, 0.5) is 0 Å². The lowest BCUT2D eigenvalue weighted by molar-refractivity contribution is 0.355. The van der Waals surface area contributed by atoms with Gasteiger partial charge < -0.3 is 9.47 Å². The monoisotopic (exact) mass is 398 g/mol. The molecule has 0 saturated heterocycles. The van der Waals surface area contributed by atoms with Gasteiger partial charge in [0.1, 0.15) is 11.1 Å². The van der Waals surface area contributed by atoms with Gasteiger partial charge in [-0.1, -0.05) is 42.5 Å². The zero-order valence-electron chi connectivity index (χ0n) is 16.0. The molecule has 4 rings (SSSR count). The molecule has 1 aromatic heterocycles. The van der Waals surface area contributed by atoms with Gasteiger partial charge in [0.05, 0.1) is 25.5 Å². The van der Waals surface area contributed by atoms with Gasteiger partial charge in [-0.3, -0.25) is 0 Å². The van der Waals surface area contributed by atoms with E-state index in [9.17, 15) is 5.26 Å². The summed E-state index contributed by atoms with van der Waals surface area (Å²) < 4.78 is 10.6. The van der Waals surface area contributed by atoms with Crippen LogP contribution >= 0.6 is 11.3 Å². The Balaban J connectivity index is 1.68. The predicted octanol–water partition coefficient (Wildman–Crippen LogP) is 6.04. The van der Waals surface area contributed by atoms with Crippen molar-refractivity contribution >= 4 is 33.8 Å². The Morgan fingerprint density at radius 1 is 0.966 bits per heavy atom. The van der Waals surface area contributed by atoms with Crippen LogP contribution in [0.25, 0.3) is 33.7 Å². The van der Waals surface area contributed by atoms with Crippen LogP contribution < -0.4 is 9.47 Å².